The highest BCUT2D eigenvalue weighted by molar-refractivity contribution is 5.95. The van der Waals surface area contributed by atoms with Crippen LogP contribution >= 0.6 is 0 Å². The number of aromatic nitrogens is 3. The number of anilines is 2. The van der Waals surface area contributed by atoms with E-state index < -0.39 is 0 Å². The van der Waals surface area contributed by atoms with E-state index in [-0.39, 0.29) is 11.8 Å². The van der Waals surface area contributed by atoms with Gasteiger partial charge in [-0.2, -0.15) is 0 Å². The fourth-order valence-corrected chi connectivity index (χ4v) is 4.59. The number of benzene rings is 1. The molecule has 5 rings (SSSR count). The van der Waals surface area contributed by atoms with Crippen LogP contribution in [0.4, 0.5) is 11.6 Å². The lowest BCUT2D eigenvalue weighted by Crippen LogP contribution is -2.39. The number of amides is 1. The average molecular weight is 435 g/mol. The summed E-state index contributed by atoms with van der Waals surface area (Å²) in [6.07, 6.45) is 7.27. The van der Waals surface area contributed by atoms with Crippen molar-refractivity contribution in [3.63, 3.8) is 0 Å². The van der Waals surface area contributed by atoms with Crippen molar-refractivity contribution < 1.29 is 9.53 Å². The number of morpholine rings is 1. The smallest absolute Gasteiger partial charge is 0.227 e. The maximum atomic E-state index is 12.8. The molecule has 8 nitrogen and oxygen atoms in total. The Morgan fingerprint density at radius 2 is 1.81 bits per heavy atom. The zero-order chi connectivity index (χ0) is 21.8. The molecule has 2 aliphatic rings. The molecule has 2 fully saturated rings. The summed E-state index contributed by atoms with van der Waals surface area (Å²) >= 11 is 0. The van der Waals surface area contributed by atoms with Gasteiger partial charge in [0.2, 0.25) is 11.9 Å². The number of fused-ring (bicyclic) bond motifs is 1. The van der Waals surface area contributed by atoms with Gasteiger partial charge in [0.15, 0.2) is 0 Å². The molecule has 0 spiro atoms. The Morgan fingerprint density at radius 1 is 1.03 bits per heavy atom. The summed E-state index contributed by atoms with van der Waals surface area (Å²) in [7, 11) is 0. The molecule has 32 heavy (non-hydrogen) atoms. The van der Waals surface area contributed by atoms with E-state index in [1.54, 1.807) is 12.4 Å². The van der Waals surface area contributed by atoms with Gasteiger partial charge in [-0.25, -0.2) is 9.97 Å². The number of piperidine rings is 1. The Morgan fingerprint density at radius 3 is 2.59 bits per heavy atom. The Bertz CT molecular complexity index is 1040. The number of ether oxygens (including phenoxy) is 1. The Labute approximate surface area is 188 Å². The van der Waals surface area contributed by atoms with Crippen LogP contribution in [0.2, 0.25) is 0 Å². The molecule has 2 aliphatic heterocycles. The van der Waals surface area contributed by atoms with Gasteiger partial charge in [-0.05, 0) is 43.2 Å². The molecule has 0 radical (unpaired) electrons. The van der Waals surface area contributed by atoms with E-state index in [4.69, 9.17) is 4.74 Å². The molecule has 1 N–H and O–H groups in total. The third-order valence-electron chi connectivity index (χ3n) is 6.50. The molecule has 0 saturated carbocycles. The van der Waals surface area contributed by atoms with E-state index in [9.17, 15) is 4.79 Å². The van der Waals surface area contributed by atoms with Gasteiger partial charge >= 0.3 is 0 Å². The lowest BCUT2D eigenvalue weighted by atomic mass is 9.96. The summed E-state index contributed by atoms with van der Waals surface area (Å²) in [5.41, 5.74) is 2.06. The molecule has 1 amide bonds. The van der Waals surface area contributed by atoms with E-state index in [1.807, 2.05) is 12.1 Å². The number of hydrogen-bond donors (Lipinski definition) is 1. The van der Waals surface area contributed by atoms with Gasteiger partial charge in [-0.15, -0.1) is 0 Å². The molecule has 2 aromatic heterocycles. The molecule has 2 saturated heterocycles. The number of hydrogen-bond acceptors (Lipinski definition) is 6. The fraction of sp³-hybridized carbons (Fsp3) is 0.458. The normalized spacial score (nSPS) is 18.2. The average Bonchev–Trinajstić information content (AvgIpc) is 3.26. The van der Waals surface area contributed by atoms with Crippen LogP contribution in [0.25, 0.3) is 10.9 Å². The second-order valence-electron chi connectivity index (χ2n) is 8.54. The monoisotopic (exact) mass is 434 g/mol. The van der Waals surface area contributed by atoms with E-state index >= 15 is 0 Å². The van der Waals surface area contributed by atoms with E-state index in [2.05, 4.69) is 54.0 Å². The largest absolute Gasteiger partial charge is 0.379 e. The number of nitrogens with one attached hydrogen (secondary N) is 1. The Kier molecular flexibility index (Phi) is 6.31. The molecule has 3 aromatic rings. The van der Waals surface area contributed by atoms with E-state index in [0.717, 1.165) is 82.3 Å². The van der Waals surface area contributed by atoms with Gasteiger partial charge in [0, 0.05) is 80.4 Å². The molecule has 4 heterocycles. The van der Waals surface area contributed by atoms with Crippen molar-refractivity contribution in [1.82, 2.24) is 19.4 Å². The van der Waals surface area contributed by atoms with Crippen molar-refractivity contribution in [3.05, 3.63) is 48.9 Å². The Hall–Kier alpha value is -2.97. The van der Waals surface area contributed by atoms with Crippen LogP contribution in [0.15, 0.2) is 48.9 Å². The summed E-state index contributed by atoms with van der Waals surface area (Å²) in [6, 6.07) is 10.1. The summed E-state index contributed by atoms with van der Waals surface area (Å²) < 4.78 is 7.72. The highest BCUT2D eigenvalue weighted by Crippen LogP contribution is 2.24. The predicted octanol–water partition coefficient (Wildman–Crippen LogP) is 2.62. The zero-order valence-corrected chi connectivity index (χ0v) is 18.3. The lowest BCUT2D eigenvalue weighted by Gasteiger charge is -2.31. The van der Waals surface area contributed by atoms with Gasteiger partial charge in [0.25, 0.3) is 0 Å². The maximum absolute atomic E-state index is 12.8. The highest BCUT2D eigenvalue weighted by atomic mass is 16.5. The van der Waals surface area contributed by atoms with Crippen molar-refractivity contribution in [2.45, 2.75) is 19.4 Å². The second-order valence-corrected chi connectivity index (χ2v) is 8.54. The number of carbonyl (C=O) groups excluding carboxylic acids is 1. The molecule has 1 aromatic carbocycles. The first-order chi connectivity index (χ1) is 15.8. The van der Waals surface area contributed by atoms with Gasteiger partial charge in [0.05, 0.1) is 13.2 Å². The molecule has 0 atom stereocenters. The zero-order valence-electron chi connectivity index (χ0n) is 18.3. The topological polar surface area (TPSA) is 75.5 Å². The summed E-state index contributed by atoms with van der Waals surface area (Å²) in [6.45, 7) is 7.25. The second kappa shape index (κ2) is 9.67. The van der Waals surface area contributed by atoms with Crippen LogP contribution in [-0.4, -0.2) is 71.3 Å². The third-order valence-corrected chi connectivity index (χ3v) is 6.50. The SMILES string of the molecule is O=C(Nc1ccc2c(ccn2CCN2CCOCC2)c1)C1CCN(c2ncccn2)CC1. The van der Waals surface area contributed by atoms with Crippen molar-refractivity contribution in [3.8, 4) is 0 Å². The summed E-state index contributed by atoms with van der Waals surface area (Å²) in [5, 5.41) is 4.28. The first-order valence-electron chi connectivity index (χ1n) is 11.5. The number of nitrogens with zero attached hydrogens (tertiary/aromatic N) is 5. The molecular formula is C24H30N6O2. The van der Waals surface area contributed by atoms with Crippen LogP contribution in [0.5, 0.6) is 0 Å². The number of rotatable bonds is 6. The first kappa shape index (κ1) is 20.9. The van der Waals surface area contributed by atoms with Crippen LogP contribution in [0.3, 0.4) is 0 Å². The van der Waals surface area contributed by atoms with Crippen molar-refractivity contribution in [2.75, 3.05) is 56.2 Å². The molecular weight excluding hydrogens is 404 g/mol. The maximum Gasteiger partial charge on any atom is 0.227 e. The summed E-state index contributed by atoms with van der Waals surface area (Å²) in [4.78, 5) is 26.1. The minimum absolute atomic E-state index is 0.0174. The van der Waals surface area contributed by atoms with E-state index in [0.29, 0.717) is 0 Å². The van der Waals surface area contributed by atoms with Gasteiger partial charge in [-0.3, -0.25) is 9.69 Å². The quantitative estimate of drug-likeness (QED) is 0.643. The van der Waals surface area contributed by atoms with Gasteiger partial charge < -0.3 is 19.5 Å². The highest BCUT2D eigenvalue weighted by Gasteiger charge is 2.26. The summed E-state index contributed by atoms with van der Waals surface area (Å²) in [5.74, 6) is 0.864. The molecule has 0 unspecified atom stereocenters. The van der Waals surface area contributed by atoms with Crippen molar-refractivity contribution in [1.29, 1.82) is 0 Å². The predicted molar refractivity (Wildman–Crippen MR) is 125 cm³/mol. The molecule has 168 valence electrons. The Balaban J connectivity index is 1.16. The minimum Gasteiger partial charge on any atom is -0.379 e. The first-order valence-corrected chi connectivity index (χ1v) is 11.5. The van der Waals surface area contributed by atoms with Crippen LogP contribution in [-0.2, 0) is 16.1 Å². The third kappa shape index (κ3) is 4.76. The molecule has 0 aliphatic carbocycles. The minimum atomic E-state index is 0.0174. The van der Waals surface area contributed by atoms with Crippen LogP contribution < -0.4 is 10.2 Å². The van der Waals surface area contributed by atoms with E-state index in [1.165, 1.54) is 5.52 Å². The van der Waals surface area contributed by atoms with Gasteiger partial charge in [0.1, 0.15) is 0 Å². The van der Waals surface area contributed by atoms with Crippen molar-refractivity contribution in [2.24, 2.45) is 5.92 Å². The molecule has 0 bridgehead atoms. The van der Waals surface area contributed by atoms with Crippen molar-refractivity contribution >= 4 is 28.4 Å². The van der Waals surface area contributed by atoms with Gasteiger partial charge in [-0.1, -0.05) is 0 Å². The molecule has 8 heteroatoms. The van der Waals surface area contributed by atoms with Crippen LogP contribution in [0.1, 0.15) is 12.8 Å². The standard InChI is InChI=1S/C24H30N6O2/c31-23(19-4-10-30(11-5-19)24-25-7-1-8-26-24)27-21-2-3-22-20(18-21)6-9-29(22)13-12-28-14-16-32-17-15-28/h1-3,6-9,18-19H,4-5,10-17H2,(H,27,31). The number of carbonyl (C=O) groups is 1. The lowest BCUT2D eigenvalue weighted by molar-refractivity contribution is -0.120. The van der Waals surface area contributed by atoms with Crippen LogP contribution in [0, 0.1) is 5.92 Å². The fourth-order valence-electron chi connectivity index (χ4n) is 4.59.